The minimum absolute atomic E-state index is 0.310. The first-order valence-electron chi connectivity index (χ1n) is 4.56. The van der Waals surface area contributed by atoms with E-state index < -0.39 is 0 Å². The summed E-state index contributed by atoms with van der Waals surface area (Å²) in [7, 11) is 0. The number of rotatable bonds is 1. The van der Waals surface area contributed by atoms with E-state index in [9.17, 15) is 14.4 Å². The molecule has 0 saturated carbocycles. The van der Waals surface area contributed by atoms with Crippen molar-refractivity contribution in [1.82, 2.24) is 4.90 Å². The Morgan fingerprint density at radius 1 is 0.923 bits per heavy atom. The standard InChI is InChI=1S/C9H13NO3/c11-7-10-8(12)5-3-1-2-4-6-9(10)13/h7H,1-6H2. The van der Waals surface area contributed by atoms with Crippen LogP contribution in [0.4, 0.5) is 0 Å². The summed E-state index contributed by atoms with van der Waals surface area (Å²) in [6.07, 6.45) is 4.43. The maximum Gasteiger partial charge on any atom is 0.235 e. The van der Waals surface area contributed by atoms with Gasteiger partial charge in [0.05, 0.1) is 0 Å². The lowest BCUT2D eigenvalue weighted by Crippen LogP contribution is -2.34. The molecule has 4 nitrogen and oxygen atoms in total. The number of amides is 3. The fraction of sp³-hybridized carbons (Fsp3) is 0.667. The Balaban J connectivity index is 2.67. The van der Waals surface area contributed by atoms with Crippen LogP contribution in [-0.4, -0.2) is 23.1 Å². The second-order valence-electron chi connectivity index (χ2n) is 3.18. The molecule has 1 aliphatic rings. The summed E-state index contributed by atoms with van der Waals surface area (Å²) in [5.74, 6) is -0.719. The summed E-state index contributed by atoms with van der Waals surface area (Å²) in [6.45, 7) is 0. The number of hydrogen-bond donors (Lipinski definition) is 0. The SMILES string of the molecule is O=CN1C(=O)CCCCCCC1=O. The molecular weight excluding hydrogens is 170 g/mol. The van der Waals surface area contributed by atoms with Gasteiger partial charge in [-0.3, -0.25) is 14.4 Å². The van der Waals surface area contributed by atoms with Crippen LogP contribution in [0.2, 0.25) is 0 Å². The second-order valence-corrected chi connectivity index (χ2v) is 3.18. The fourth-order valence-electron chi connectivity index (χ4n) is 1.40. The van der Waals surface area contributed by atoms with E-state index in [0.29, 0.717) is 24.2 Å². The van der Waals surface area contributed by atoms with Crippen molar-refractivity contribution in [2.75, 3.05) is 0 Å². The van der Waals surface area contributed by atoms with Crippen molar-refractivity contribution in [3.05, 3.63) is 0 Å². The third-order valence-corrected chi connectivity index (χ3v) is 2.17. The molecule has 0 aliphatic carbocycles. The van der Waals surface area contributed by atoms with Crippen molar-refractivity contribution >= 4 is 18.2 Å². The van der Waals surface area contributed by atoms with E-state index in [1.54, 1.807) is 0 Å². The highest BCUT2D eigenvalue weighted by molar-refractivity contribution is 6.04. The molecule has 0 unspecified atom stereocenters. The van der Waals surface area contributed by atoms with E-state index in [0.717, 1.165) is 25.7 Å². The van der Waals surface area contributed by atoms with Gasteiger partial charge in [0, 0.05) is 12.8 Å². The van der Waals surface area contributed by atoms with Crippen LogP contribution in [0.25, 0.3) is 0 Å². The minimum Gasteiger partial charge on any atom is -0.278 e. The van der Waals surface area contributed by atoms with Gasteiger partial charge in [-0.1, -0.05) is 12.8 Å². The molecule has 0 aromatic carbocycles. The van der Waals surface area contributed by atoms with Crippen molar-refractivity contribution in [2.24, 2.45) is 0 Å². The summed E-state index contributed by atoms with van der Waals surface area (Å²) in [5.41, 5.74) is 0. The molecule has 1 aliphatic heterocycles. The predicted octanol–water partition coefficient (Wildman–Crippen LogP) is 0.852. The molecule has 4 heteroatoms. The first-order valence-corrected chi connectivity index (χ1v) is 4.56. The lowest BCUT2D eigenvalue weighted by molar-refractivity contribution is -0.148. The quantitative estimate of drug-likeness (QED) is 0.447. The van der Waals surface area contributed by atoms with E-state index in [2.05, 4.69) is 0 Å². The normalized spacial score (nSPS) is 20.5. The van der Waals surface area contributed by atoms with Crippen molar-refractivity contribution < 1.29 is 14.4 Å². The molecule has 0 atom stereocenters. The number of imide groups is 3. The average molecular weight is 183 g/mol. The Hall–Kier alpha value is -1.19. The smallest absolute Gasteiger partial charge is 0.235 e. The number of hydrogen-bond acceptors (Lipinski definition) is 3. The van der Waals surface area contributed by atoms with Gasteiger partial charge in [0.15, 0.2) is 0 Å². The summed E-state index contributed by atoms with van der Waals surface area (Å²) in [6, 6.07) is 0. The number of carbonyl (C=O) groups excluding carboxylic acids is 3. The summed E-state index contributed by atoms with van der Waals surface area (Å²) in [4.78, 5) is 33.6. The molecule has 13 heavy (non-hydrogen) atoms. The van der Waals surface area contributed by atoms with Crippen LogP contribution in [0.15, 0.2) is 0 Å². The molecule has 0 radical (unpaired) electrons. The van der Waals surface area contributed by atoms with Crippen LogP contribution in [-0.2, 0) is 14.4 Å². The molecular formula is C9H13NO3. The van der Waals surface area contributed by atoms with Crippen LogP contribution in [0, 0.1) is 0 Å². The highest BCUT2D eigenvalue weighted by atomic mass is 16.2. The van der Waals surface area contributed by atoms with Gasteiger partial charge in [0.25, 0.3) is 0 Å². The van der Waals surface area contributed by atoms with Gasteiger partial charge in [0.1, 0.15) is 0 Å². The lowest BCUT2D eigenvalue weighted by Gasteiger charge is -2.11. The van der Waals surface area contributed by atoms with Crippen LogP contribution >= 0.6 is 0 Å². The zero-order valence-corrected chi connectivity index (χ0v) is 7.49. The lowest BCUT2D eigenvalue weighted by atomic mass is 10.1. The highest BCUT2D eigenvalue weighted by Crippen LogP contribution is 2.11. The Morgan fingerprint density at radius 3 is 1.77 bits per heavy atom. The van der Waals surface area contributed by atoms with E-state index in [4.69, 9.17) is 0 Å². The molecule has 1 saturated heterocycles. The van der Waals surface area contributed by atoms with Gasteiger partial charge in [-0.15, -0.1) is 0 Å². The molecule has 0 aromatic heterocycles. The van der Waals surface area contributed by atoms with Crippen molar-refractivity contribution in [1.29, 1.82) is 0 Å². The van der Waals surface area contributed by atoms with E-state index >= 15 is 0 Å². The highest BCUT2D eigenvalue weighted by Gasteiger charge is 2.20. The summed E-state index contributed by atoms with van der Waals surface area (Å²) < 4.78 is 0. The largest absolute Gasteiger partial charge is 0.278 e. The Bertz CT molecular complexity index is 205. The average Bonchev–Trinajstić information content (AvgIpc) is 2.17. The Morgan fingerprint density at radius 2 is 1.38 bits per heavy atom. The molecule has 3 amide bonds. The summed E-state index contributed by atoms with van der Waals surface area (Å²) in [5, 5.41) is 0. The number of carbonyl (C=O) groups is 3. The molecule has 72 valence electrons. The predicted molar refractivity (Wildman–Crippen MR) is 45.6 cm³/mol. The first-order chi connectivity index (χ1) is 6.25. The van der Waals surface area contributed by atoms with Gasteiger partial charge >= 0.3 is 0 Å². The van der Waals surface area contributed by atoms with Crippen molar-refractivity contribution in [3.8, 4) is 0 Å². The van der Waals surface area contributed by atoms with Crippen LogP contribution in [0.3, 0.4) is 0 Å². The van der Waals surface area contributed by atoms with Crippen molar-refractivity contribution in [3.63, 3.8) is 0 Å². The van der Waals surface area contributed by atoms with Gasteiger partial charge in [-0.2, -0.15) is 0 Å². The Kier molecular flexibility index (Phi) is 3.61. The van der Waals surface area contributed by atoms with Crippen molar-refractivity contribution in [2.45, 2.75) is 38.5 Å². The maximum atomic E-state index is 11.2. The van der Waals surface area contributed by atoms with E-state index in [1.165, 1.54) is 0 Å². The van der Waals surface area contributed by atoms with Gasteiger partial charge in [-0.05, 0) is 12.8 Å². The molecule has 1 fully saturated rings. The molecule has 0 aromatic rings. The fourth-order valence-corrected chi connectivity index (χ4v) is 1.40. The summed E-state index contributed by atoms with van der Waals surface area (Å²) >= 11 is 0. The number of nitrogens with zero attached hydrogens (tertiary/aromatic N) is 1. The molecule has 1 rings (SSSR count). The van der Waals surface area contributed by atoms with E-state index in [1.807, 2.05) is 0 Å². The molecule has 0 N–H and O–H groups in total. The minimum atomic E-state index is -0.359. The third kappa shape index (κ3) is 2.65. The first kappa shape index (κ1) is 9.89. The van der Waals surface area contributed by atoms with Crippen LogP contribution < -0.4 is 0 Å². The monoisotopic (exact) mass is 183 g/mol. The molecule has 0 spiro atoms. The van der Waals surface area contributed by atoms with E-state index in [-0.39, 0.29) is 11.8 Å². The zero-order valence-electron chi connectivity index (χ0n) is 7.49. The van der Waals surface area contributed by atoms with Gasteiger partial charge in [0.2, 0.25) is 18.2 Å². The molecule has 1 heterocycles. The Labute approximate surface area is 76.9 Å². The third-order valence-electron chi connectivity index (χ3n) is 2.17. The molecule has 0 bridgehead atoms. The van der Waals surface area contributed by atoms with Crippen LogP contribution in [0.1, 0.15) is 38.5 Å². The van der Waals surface area contributed by atoms with Crippen LogP contribution in [0.5, 0.6) is 0 Å². The second kappa shape index (κ2) is 4.74. The zero-order chi connectivity index (χ0) is 9.68. The topological polar surface area (TPSA) is 54.5 Å². The van der Waals surface area contributed by atoms with Gasteiger partial charge in [-0.25, -0.2) is 4.90 Å². The van der Waals surface area contributed by atoms with Gasteiger partial charge < -0.3 is 0 Å². The maximum absolute atomic E-state index is 11.2.